The van der Waals surface area contributed by atoms with Crippen LogP contribution in [0.5, 0.6) is 0 Å². The molecule has 2 rings (SSSR count). The molecule has 0 amide bonds. The Morgan fingerprint density at radius 2 is 1.14 bits per heavy atom. The second kappa shape index (κ2) is 6.57. The smallest absolute Gasteiger partial charge is 0.429 e. The first-order valence-corrected chi connectivity index (χ1v) is 6.19. The topological polar surface area (TPSA) is 104 Å². The Labute approximate surface area is 124 Å². The van der Waals surface area contributed by atoms with Crippen LogP contribution < -0.4 is 0 Å². The quantitative estimate of drug-likeness (QED) is 0.547. The van der Waals surface area contributed by atoms with E-state index >= 15 is 0 Å². The Morgan fingerprint density at radius 3 is 1.55 bits per heavy atom. The van der Waals surface area contributed by atoms with Crippen LogP contribution in [0, 0.1) is 0 Å². The van der Waals surface area contributed by atoms with Crippen LogP contribution in [0.2, 0.25) is 0 Å². The van der Waals surface area contributed by atoms with Crippen molar-refractivity contribution in [3.63, 3.8) is 0 Å². The van der Waals surface area contributed by atoms with E-state index in [0.29, 0.717) is 0 Å². The molecule has 7 heteroatoms. The molecule has 0 aromatic heterocycles. The minimum absolute atomic E-state index is 0.0236. The number of ether oxygens (including phenoxy) is 2. The van der Waals surface area contributed by atoms with Crippen LogP contribution in [0.15, 0.2) is 47.6 Å². The number of carbonyl (C=O) groups is 5. The van der Waals surface area contributed by atoms with Gasteiger partial charge in [0.2, 0.25) is 0 Å². The lowest BCUT2D eigenvalue weighted by Gasteiger charge is -2.10. The molecule has 2 aliphatic carbocycles. The molecule has 0 bridgehead atoms. The van der Waals surface area contributed by atoms with Gasteiger partial charge in [0, 0.05) is 11.1 Å². The molecule has 0 spiro atoms. The Morgan fingerprint density at radius 1 is 0.727 bits per heavy atom. The van der Waals surface area contributed by atoms with E-state index in [1.165, 1.54) is 0 Å². The highest BCUT2D eigenvalue weighted by atomic mass is 16.7. The zero-order valence-electron chi connectivity index (χ0n) is 11.2. The Balaban J connectivity index is 1.82. The van der Waals surface area contributed by atoms with Gasteiger partial charge in [-0.25, -0.2) is 4.79 Å². The molecule has 0 N–H and O–H groups in total. The summed E-state index contributed by atoms with van der Waals surface area (Å²) in [5, 5.41) is 0. The van der Waals surface area contributed by atoms with E-state index in [9.17, 15) is 24.0 Å². The standard InChI is InChI=1S/C15H10O7/c16-11-1-3-13(18)9(5-11)7-21-15(20)22-8-10-6-12(17)2-4-14(10)19/h1-6H,7-8H2. The van der Waals surface area contributed by atoms with E-state index in [1.54, 1.807) is 0 Å². The van der Waals surface area contributed by atoms with Gasteiger partial charge in [0.05, 0.1) is 0 Å². The van der Waals surface area contributed by atoms with Crippen LogP contribution in [-0.4, -0.2) is 42.5 Å². The maximum Gasteiger partial charge on any atom is 0.508 e. The van der Waals surface area contributed by atoms with Crippen LogP contribution >= 0.6 is 0 Å². The molecular formula is C15H10O7. The molecule has 0 fully saturated rings. The Kier molecular flexibility index (Phi) is 4.57. The third kappa shape index (κ3) is 3.95. The van der Waals surface area contributed by atoms with Crippen molar-refractivity contribution in [2.45, 2.75) is 0 Å². The van der Waals surface area contributed by atoms with Gasteiger partial charge in [-0.2, -0.15) is 0 Å². The third-order valence-corrected chi connectivity index (χ3v) is 2.75. The number of hydrogen-bond donors (Lipinski definition) is 0. The summed E-state index contributed by atoms with van der Waals surface area (Å²) < 4.78 is 9.35. The molecule has 0 heterocycles. The summed E-state index contributed by atoms with van der Waals surface area (Å²) in [6.07, 6.45) is 5.38. The molecule has 0 saturated heterocycles. The summed E-state index contributed by atoms with van der Waals surface area (Å²) in [7, 11) is 0. The van der Waals surface area contributed by atoms with Gasteiger partial charge in [-0.15, -0.1) is 0 Å². The zero-order valence-corrected chi connectivity index (χ0v) is 11.2. The molecule has 7 nitrogen and oxygen atoms in total. The fraction of sp³-hybridized carbons (Fsp3) is 0.133. The number of rotatable bonds is 4. The van der Waals surface area contributed by atoms with Crippen LogP contribution in [0.25, 0.3) is 0 Å². The molecule has 112 valence electrons. The normalized spacial score (nSPS) is 17.3. The minimum Gasteiger partial charge on any atom is -0.429 e. The van der Waals surface area contributed by atoms with Crippen LogP contribution in [0.3, 0.4) is 0 Å². The van der Waals surface area contributed by atoms with Crippen molar-refractivity contribution in [3.05, 3.63) is 47.6 Å². The first-order valence-electron chi connectivity index (χ1n) is 6.19. The van der Waals surface area contributed by atoms with E-state index in [2.05, 4.69) is 9.47 Å². The number of allylic oxidation sites excluding steroid dienone is 6. The van der Waals surface area contributed by atoms with E-state index in [0.717, 1.165) is 36.5 Å². The van der Waals surface area contributed by atoms with Gasteiger partial charge in [-0.1, -0.05) is 0 Å². The average Bonchev–Trinajstić information content (AvgIpc) is 2.49. The van der Waals surface area contributed by atoms with Crippen molar-refractivity contribution < 1.29 is 33.4 Å². The Hall–Kier alpha value is -3.09. The van der Waals surface area contributed by atoms with Gasteiger partial charge >= 0.3 is 6.16 Å². The van der Waals surface area contributed by atoms with Crippen LogP contribution in [0.1, 0.15) is 0 Å². The molecule has 22 heavy (non-hydrogen) atoms. The van der Waals surface area contributed by atoms with Crippen molar-refractivity contribution in [1.82, 2.24) is 0 Å². The number of hydrogen-bond acceptors (Lipinski definition) is 7. The maximum atomic E-state index is 11.4. The van der Waals surface area contributed by atoms with Gasteiger partial charge in [0.25, 0.3) is 0 Å². The predicted octanol–water partition coefficient (Wildman–Crippen LogP) is 0.408. The van der Waals surface area contributed by atoms with Gasteiger partial charge in [0.15, 0.2) is 23.1 Å². The van der Waals surface area contributed by atoms with Gasteiger partial charge < -0.3 is 9.47 Å². The monoisotopic (exact) mass is 302 g/mol. The van der Waals surface area contributed by atoms with E-state index < -0.39 is 30.9 Å². The van der Waals surface area contributed by atoms with Crippen molar-refractivity contribution in [2.24, 2.45) is 0 Å². The lowest BCUT2D eigenvalue weighted by molar-refractivity contribution is -0.115. The molecule has 0 radical (unpaired) electrons. The summed E-state index contributed by atoms with van der Waals surface area (Å²) in [6, 6.07) is 0. The minimum atomic E-state index is -1.12. The fourth-order valence-corrected chi connectivity index (χ4v) is 1.65. The molecular weight excluding hydrogens is 292 g/mol. The molecule has 0 atom stereocenters. The molecule has 0 unspecified atom stereocenters. The molecule has 0 aromatic carbocycles. The van der Waals surface area contributed by atoms with Crippen molar-refractivity contribution in [1.29, 1.82) is 0 Å². The largest absolute Gasteiger partial charge is 0.508 e. The molecule has 2 aliphatic rings. The van der Waals surface area contributed by atoms with Gasteiger partial charge in [-0.05, 0) is 36.5 Å². The number of ketones is 4. The van der Waals surface area contributed by atoms with Crippen molar-refractivity contribution in [3.8, 4) is 0 Å². The molecule has 0 aliphatic heterocycles. The zero-order chi connectivity index (χ0) is 16.1. The van der Waals surface area contributed by atoms with E-state index in [1.807, 2.05) is 0 Å². The SMILES string of the molecule is O=C1C=CC(=O)C(COC(=O)OCC2=CC(=O)C=CC2=O)=C1. The summed E-state index contributed by atoms with van der Waals surface area (Å²) in [5.74, 6) is -1.63. The maximum absolute atomic E-state index is 11.4. The Bertz CT molecular complexity index is 631. The lowest BCUT2D eigenvalue weighted by Crippen LogP contribution is -2.19. The molecule has 0 aromatic rings. The summed E-state index contributed by atoms with van der Waals surface area (Å²) in [6.45, 7) is -0.834. The summed E-state index contributed by atoms with van der Waals surface area (Å²) in [4.78, 5) is 56.4. The first kappa shape index (κ1) is 15.3. The van der Waals surface area contributed by atoms with E-state index in [4.69, 9.17) is 0 Å². The highest BCUT2D eigenvalue weighted by Crippen LogP contribution is 2.08. The highest BCUT2D eigenvalue weighted by Gasteiger charge is 2.18. The van der Waals surface area contributed by atoms with E-state index in [-0.39, 0.29) is 22.7 Å². The van der Waals surface area contributed by atoms with Crippen LogP contribution in [-0.2, 0) is 28.7 Å². The number of carbonyl (C=O) groups excluding carboxylic acids is 5. The van der Waals surface area contributed by atoms with Gasteiger partial charge in [-0.3, -0.25) is 19.2 Å². The van der Waals surface area contributed by atoms with Crippen molar-refractivity contribution in [2.75, 3.05) is 13.2 Å². The van der Waals surface area contributed by atoms with Crippen molar-refractivity contribution >= 4 is 29.3 Å². The summed E-state index contributed by atoms with van der Waals surface area (Å²) >= 11 is 0. The first-order chi connectivity index (χ1) is 10.5. The highest BCUT2D eigenvalue weighted by molar-refractivity contribution is 6.18. The van der Waals surface area contributed by atoms with Crippen LogP contribution in [0.4, 0.5) is 4.79 Å². The lowest BCUT2D eigenvalue weighted by atomic mass is 10.0. The second-order valence-corrected chi connectivity index (χ2v) is 4.37. The fourth-order valence-electron chi connectivity index (χ4n) is 1.65. The predicted molar refractivity (Wildman–Crippen MR) is 71.8 cm³/mol. The summed E-state index contributed by atoms with van der Waals surface area (Å²) in [5.41, 5.74) is 0.0473. The average molecular weight is 302 g/mol. The second-order valence-electron chi connectivity index (χ2n) is 4.37. The third-order valence-electron chi connectivity index (χ3n) is 2.75. The van der Waals surface area contributed by atoms with Gasteiger partial charge in [0.1, 0.15) is 13.2 Å². The molecule has 0 saturated carbocycles.